The molecule has 2 saturated heterocycles. The van der Waals surface area contributed by atoms with E-state index < -0.39 is 0 Å². The average Bonchev–Trinajstić information content (AvgIpc) is 2.92. The first-order valence-corrected chi connectivity index (χ1v) is 14.5. The zero-order chi connectivity index (χ0) is 26.1. The fraction of sp³-hybridized carbons (Fsp3) is 0.643. The Hall–Kier alpha value is -2.02. The normalized spacial score (nSPS) is 20.9. The molecule has 210 valence electrons. The number of nitrogens with zero attached hydrogens (tertiary/aromatic N) is 4. The summed E-state index contributed by atoms with van der Waals surface area (Å²) in [5.41, 5.74) is 4.47. The molecule has 10 heteroatoms. The Bertz CT molecular complexity index is 813. The molecule has 38 heavy (non-hydrogen) atoms. The van der Waals surface area contributed by atoms with Gasteiger partial charge in [-0.05, 0) is 35.4 Å². The zero-order valence-electron chi connectivity index (χ0n) is 23.0. The van der Waals surface area contributed by atoms with Gasteiger partial charge >= 0.3 is 0 Å². The third-order valence-corrected chi connectivity index (χ3v) is 7.06. The molecule has 2 aromatic heterocycles. The lowest BCUT2D eigenvalue weighted by Crippen LogP contribution is -2.41. The van der Waals surface area contributed by atoms with Crippen LogP contribution >= 0.6 is 0 Å². The van der Waals surface area contributed by atoms with Crippen LogP contribution in [0, 0.1) is 0 Å². The fourth-order valence-electron chi connectivity index (χ4n) is 4.89. The Morgan fingerprint density at radius 1 is 0.474 bits per heavy atom. The van der Waals surface area contributed by atoms with Crippen molar-refractivity contribution in [2.75, 3.05) is 105 Å². The van der Waals surface area contributed by atoms with Crippen molar-refractivity contribution in [3.63, 3.8) is 0 Å². The molecule has 2 aliphatic rings. The van der Waals surface area contributed by atoms with Crippen LogP contribution in [0.2, 0.25) is 0 Å². The van der Waals surface area contributed by atoms with E-state index in [-0.39, 0.29) is 0 Å². The Morgan fingerprint density at radius 2 is 0.789 bits per heavy atom. The lowest BCUT2D eigenvalue weighted by Gasteiger charge is -2.24. The molecule has 0 atom stereocenters. The highest BCUT2D eigenvalue weighted by Gasteiger charge is 2.11. The summed E-state index contributed by atoms with van der Waals surface area (Å²) < 4.78 is 0. The van der Waals surface area contributed by atoms with Gasteiger partial charge in [-0.1, -0.05) is 0 Å². The molecule has 10 nitrogen and oxygen atoms in total. The van der Waals surface area contributed by atoms with Crippen molar-refractivity contribution >= 4 is 0 Å². The van der Waals surface area contributed by atoms with Crippen LogP contribution < -0.4 is 31.9 Å². The predicted octanol–water partition coefficient (Wildman–Crippen LogP) is -0.688. The molecular formula is C28H48N10. The van der Waals surface area contributed by atoms with Gasteiger partial charge in [-0.2, -0.15) is 0 Å². The summed E-state index contributed by atoms with van der Waals surface area (Å²) in [6, 6.07) is 8.71. The maximum Gasteiger partial charge on any atom is 0.0889 e. The molecule has 2 aromatic rings. The summed E-state index contributed by atoms with van der Waals surface area (Å²) in [6.45, 7) is 18.1. The van der Waals surface area contributed by atoms with Gasteiger partial charge in [0.15, 0.2) is 0 Å². The maximum atomic E-state index is 4.69. The highest BCUT2D eigenvalue weighted by atomic mass is 15.2. The topological polar surface area (TPSA) is 104 Å². The summed E-state index contributed by atoms with van der Waals surface area (Å²) in [6.07, 6.45) is 3.86. The van der Waals surface area contributed by atoms with E-state index in [9.17, 15) is 0 Å². The lowest BCUT2D eigenvalue weighted by molar-refractivity contribution is 0.263. The van der Waals surface area contributed by atoms with Crippen LogP contribution in [0.5, 0.6) is 0 Å². The quantitative estimate of drug-likeness (QED) is 0.301. The number of rotatable bonds is 5. The van der Waals surface area contributed by atoms with Crippen molar-refractivity contribution in [2.45, 2.75) is 13.1 Å². The van der Waals surface area contributed by atoms with E-state index in [0.29, 0.717) is 0 Å². The Labute approximate surface area is 228 Å². The molecule has 0 amide bonds. The third kappa shape index (κ3) is 11.0. The van der Waals surface area contributed by atoms with Crippen molar-refractivity contribution in [2.24, 2.45) is 0 Å². The first-order valence-electron chi connectivity index (χ1n) is 14.5. The highest BCUT2D eigenvalue weighted by Crippen LogP contribution is 2.18. The molecule has 6 N–H and O–H groups in total. The lowest BCUT2D eigenvalue weighted by atomic mass is 10.1. The SMILES string of the molecule is c1cc(CN2CCNCCNCCNCC2)cc(-c2cc(CN3CCNCCNCCNCC3)ccn2)n1. The standard InChI is InChI=1S/C28H48N10/c1-3-35-27(21-25(1)23-37-17-13-31-9-5-29-6-10-32-14-18-37)28-22-26(2-4-36-28)24-38-19-15-33-11-7-30-8-12-34-16-20-38/h1-4,21-22,29-34H,5-20,23-24H2. The van der Waals surface area contributed by atoms with Crippen molar-refractivity contribution in [1.82, 2.24) is 51.7 Å². The van der Waals surface area contributed by atoms with Crippen molar-refractivity contribution < 1.29 is 0 Å². The van der Waals surface area contributed by atoms with Gasteiger partial charge in [-0.25, -0.2) is 0 Å². The molecule has 0 aliphatic carbocycles. The summed E-state index contributed by atoms with van der Waals surface area (Å²) in [5, 5.41) is 21.1. The van der Waals surface area contributed by atoms with Gasteiger partial charge in [-0.15, -0.1) is 0 Å². The molecule has 2 aliphatic heterocycles. The number of hydrogen-bond acceptors (Lipinski definition) is 10. The van der Waals surface area contributed by atoms with Crippen LogP contribution in [-0.4, -0.2) is 124 Å². The molecule has 0 saturated carbocycles. The second kappa shape index (κ2) is 17.5. The van der Waals surface area contributed by atoms with Crippen LogP contribution in [0.3, 0.4) is 0 Å². The van der Waals surface area contributed by atoms with Crippen LogP contribution in [0.1, 0.15) is 11.1 Å². The van der Waals surface area contributed by atoms with Gasteiger partial charge in [0.05, 0.1) is 11.4 Å². The van der Waals surface area contributed by atoms with Gasteiger partial charge in [0.1, 0.15) is 0 Å². The second-order valence-corrected chi connectivity index (χ2v) is 10.2. The Morgan fingerprint density at radius 3 is 1.13 bits per heavy atom. The first-order chi connectivity index (χ1) is 18.9. The number of hydrogen-bond donors (Lipinski definition) is 6. The van der Waals surface area contributed by atoms with Crippen LogP contribution in [0.15, 0.2) is 36.7 Å². The summed E-state index contributed by atoms with van der Waals surface area (Å²) in [4.78, 5) is 14.4. The van der Waals surface area contributed by atoms with Crippen LogP contribution in [-0.2, 0) is 13.1 Å². The molecule has 0 aromatic carbocycles. The number of aromatic nitrogens is 2. The van der Waals surface area contributed by atoms with E-state index >= 15 is 0 Å². The Balaban J connectivity index is 1.36. The molecule has 4 heterocycles. The van der Waals surface area contributed by atoms with Crippen molar-refractivity contribution in [1.29, 1.82) is 0 Å². The Kier molecular flexibility index (Phi) is 13.4. The molecular weight excluding hydrogens is 476 g/mol. The monoisotopic (exact) mass is 524 g/mol. The largest absolute Gasteiger partial charge is 0.314 e. The number of pyridine rings is 2. The summed E-state index contributed by atoms with van der Waals surface area (Å²) >= 11 is 0. The van der Waals surface area contributed by atoms with Gasteiger partial charge in [0.25, 0.3) is 0 Å². The summed E-state index contributed by atoms with van der Waals surface area (Å²) in [5.74, 6) is 0. The van der Waals surface area contributed by atoms with E-state index in [2.05, 4.69) is 66.0 Å². The maximum absolute atomic E-state index is 4.69. The van der Waals surface area contributed by atoms with E-state index in [0.717, 1.165) is 129 Å². The van der Waals surface area contributed by atoms with E-state index in [1.165, 1.54) is 11.1 Å². The molecule has 4 rings (SSSR count). The first kappa shape index (κ1) is 29.0. The van der Waals surface area contributed by atoms with Crippen LogP contribution in [0.4, 0.5) is 0 Å². The molecule has 0 unspecified atom stereocenters. The number of nitrogens with one attached hydrogen (secondary N) is 6. The second-order valence-electron chi connectivity index (χ2n) is 10.2. The highest BCUT2D eigenvalue weighted by molar-refractivity contribution is 5.55. The van der Waals surface area contributed by atoms with E-state index in [1.807, 2.05) is 12.4 Å². The van der Waals surface area contributed by atoms with Crippen molar-refractivity contribution in [3.05, 3.63) is 47.8 Å². The predicted molar refractivity (Wildman–Crippen MR) is 155 cm³/mol. The minimum Gasteiger partial charge on any atom is -0.314 e. The van der Waals surface area contributed by atoms with Gasteiger partial charge in [0.2, 0.25) is 0 Å². The van der Waals surface area contributed by atoms with Gasteiger partial charge in [-0.3, -0.25) is 19.8 Å². The fourth-order valence-corrected chi connectivity index (χ4v) is 4.89. The van der Waals surface area contributed by atoms with Gasteiger partial charge < -0.3 is 31.9 Å². The smallest absolute Gasteiger partial charge is 0.0889 e. The third-order valence-electron chi connectivity index (χ3n) is 7.06. The minimum absolute atomic E-state index is 0.917. The molecule has 0 radical (unpaired) electrons. The minimum atomic E-state index is 0.917. The zero-order valence-corrected chi connectivity index (χ0v) is 23.0. The van der Waals surface area contributed by atoms with Crippen molar-refractivity contribution in [3.8, 4) is 11.4 Å². The average molecular weight is 525 g/mol. The van der Waals surface area contributed by atoms with E-state index in [1.54, 1.807) is 0 Å². The van der Waals surface area contributed by atoms with E-state index in [4.69, 9.17) is 9.97 Å². The molecule has 2 fully saturated rings. The molecule has 0 spiro atoms. The van der Waals surface area contributed by atoms with Crippen LogP contribution in [0.25, 0.3) is 11.4 Å². The van der Waals surface area contributed by atoms with Gasteiger partial charge in [0, 0.05) is 130 Å². The molecule has 0 bridgehead atoms. The summed E-state index contributed by atoms with van der Waals surface area (Å²) in [7, 11) is 0.